The Bertz CT molecular complexity index is 738. The summed E-state index contributed by atoms with van der Waals surface area (Å²) in [4.78, 5) is 37.6. The third-order valence-corrected chi connectivity index (χ3v) is 9.86. The first-order valence-electron chi connectivity index (χ1n) is 22.0. The van der Waals surface area contributed by atoms with Crippen LogP contribution in [0.1, 0.15) is 245 Å². The Balaban J connectivity index is 4.32. The van der Waals surface area contributed by atoms with Gasteiger partial charge >= 0.3 is 17.9 Å². The summed E-state index contributed by atoms with van der Waals surface area (Å²) in [5, 5.41) is 0. The van der Waals surface area contributed by atoms with E-state index in [-0.39, 0.29) is 31.1 Å². The normalized spacial score (nSPS) is 11.8. The number of rotatable bonds is 40. The summed E-state index contributed by atoms with van der Waals surface area (Å²) in [5.74, 6) is -0.857. The monoisotopic (exact) mass is 709 g/mol. The van der Waals surface area contributed by atoms with Crippen LogP contribution in [0.4, 0.5) is 0 Å². The molecular formula is C44H84O6. The Morgan fingerprint density at radius 1 is 0.320 bits per heavy atom. The largest absolute Gasteiger partial charge is 0.462 e. The van der Waals surface area contributed by atoms with Gasteiger partial charge in [0, 0.05) is 19.3 Å². The van der Waals surface area contributed by atoms with Gasteiger partial charge in [-0.05, 0) is 19.3 Å². The van der Waals surface area contributed by atoms with Crippen LogP contribution in [-0.2, 0) is 28.6 Å². The van der Waals surface area contributed by atoms with Crippen LogP contribution in [0.3, 0.4) is 0 Å². The third-order valence-electron chi connectivity index (χ3n) is 9.86. The number of hydrogen-bond donors (Lipinski definition) is 0. The quantitative estimate of drug-likeness (QED) is 0.0358. The van der Waals surface area contributed by atoms with Crippen molar-refractivity contribution in [3.05, 3.63) is 0 Å². The molecule has 0 saturated carbocycles. The predicted molar refractivity (Wildman–Crippen MR) is 210 cm³/mol. The second kappa shape index (κ2) is 40.2. The second-order valence-corrected chi connectivity index (χ2v) is 15.0. The molecule has 0 bridgehead atoms. The molecule has 6 nitrogen and oxygen atoms in total. The fourth-order valence-corrected chi connectivity index (χ4v) is 6.50. The maximum atomic E-state index is 12.6. The summed E-state index contributed by atoms with van der Waals surface area (Å²) in [6, 6.07) is 0. The average Bonchev–Trinajstić information content (AvgIpc) is 3.11. The Labute approximate surface area is 310 Å². The molecule has 0 aliphatic rings. The van der Waals surface area contributed by atoms with Crippen LogP contribution in [-0.4, -0.2) is 37.2 Å². The molecule has 0 fully saturated rings. The second-order valence-electron chi connectivity index (χ2n) is 15.0. The van der Waals surface area contributed by atoms with Gasteiger partial charge < -0.3 is 14.2 Å². The molecule has 0 radical (unpaired) electrons. The molecule has 296 valence electrons. The summed E-state index contributed by atoms with van der Waals surface area (Å²) >= 11 is 0. The molecule has 0 amide bonds. The smallest absolute Gasteiger partial charge is 0.306 e. The Morgan fingerprint density at radius 3 is 0.800 bits per heavy atom. The minimum absolute atomic E-state index is 0.0631. The third kappa shape index (κ3) is 37.7. The van der Waals surface area contributed by atoms with Crippen molar-refractivity contribution in [1.82, 2.24) is 0 Å². The molecule has 6 heteroatoms. The summed E-state index contributed by atoms with van der Waals surface area (Å²) in [6.45, 7) is 6.62. The minimum atomic E-state index is -0.756. The Kier molecular flexibility index (Phi) is 38.9. The lowest BCUT2D eigenvalue weighted by molar-refractivity contribution is -0.167. The number of unbranched alkanes of at least 4 members (excludes halogenated alkanes) is 29. The summed E-state index contributed by atoms with van der Waals surface area (Å²) < 4.78 is 16.7. The van der Waals surface area contributed by atoms with Gasteiger partial charge in [-0.25, -0.2) is 0 Å². The van der Waals surface area contributed by atoms with Gasteiger partial charge in [-0.1, -0.05) is 207 Å². The molecular weight excluding hydrogens is 624 g/mol. The number of ether oxygens (including phenoxy) is 3. The van der Waals surface area contributed by atoms with Gasteiger partial charge in [0.05, 0.1) is 0 Å². The number of hydrogen-bond acceptors (Lipinski definition) is 6. The van der Waals surface area contributed by atoms with Crippen molar-refractivity contribution in [2.24, 2.45) is 0 Å². The van der Waals surface area contributed by atoms with Gasteiger partial charge in [0.2, 0.25) is 0 Å². The molecule has 50 heavy (non-hydrogen) atoms. The van der Waals surface area contributed by atoms with E-state index in [9.17, 15) is 14.4 Å². The van der Waals surface area contributed by atoms with Crippen molar-refractivity contribution in [3.8, 4) is 0 Å². The molecule has 0 aromatic heterocycles. The summed E-state index contributed by atoms with van der Waals surface area (Å²) in [7, 11) is 0. The average molecular weight is 709 g/mol. The summed E-state index contributed by atoms with van der Waals surface area (Å²) in [5.41, 5.74) is 0. The van der Waals surface area contributed by atoms with Crippen LogP contribution in [0, 0.1) is 0 Å². The van der Waals surface area contributed by atoms with Gasteiger partial charge in [0.15, 0.2) is 6.10 Å². The zero-order valence-corrected chi connectivity index (χ0v) is 33.7. The van der Waals surface area contributed by atoms with E-state index in [0.717, 1.165) is 57.8 Å². The topological polar surface area (TPSA) is 78.9 Å². The molecule has 0 rings (SSSR count). The molecule has 0 N–H and O–H groups in total. The van der Waals surface area contributed by atoms with Crippen LogP contribution in [0.15, 0.2) is 0 Å². The fraction of sp³-hybridized carbons (Fsp3) is 0.932. The number of carbonyl (C=O) groups is 3. The molecule has 0 spiro atoms. The van der Waals surface area contributed by atoms with Crippen LogP contribution in [0.5, 0.6) is 0 Å². The van der Waals surface area contributed by atoms with E-state index >= 15 is 0 Å². The highest BCUT2D eigenvalue weighted by Crippen LogP contribution is 2.15. The lowest BCUT2D eigenvalue weighted by Gasteiger charge is -2.18. The molecule has 0 aliphatic carbocycles. The number of esters is 3. The Morgan fingerprint density at radius 2 is 0.540 bits per heavy atom. The van der Waals surface area contributed by atoms with Crippen LogP contribution >= 0.6 is 0 Å². The van der Waals surface area contributed by atoms with Crippen molar-refractivity contribution in [2.45, 2.75) is 252 Å². The summed E-state index contributed by atoms with van der Waals surface area (Å²) in [6.07, 6.45) is 39.4. The zero-order valence-electron chi connectivity index (χ0n) is 33.7. The first-order chi connectivity index (χ1) is 24.5. The minimum Gasteiger partial charge on any atom is -0.462 e. The van der Waals surface area contributed by atoms with E-state index in [2.05, 4.69) is 20.8 Å². The maximum Gasteiger partial charge on any atom is 0.306 e. The highest BCUT2D eigenvalue weighted by molar-refractivity contribution is 5.71. The first-order valence-corrected chi connectivity index (χ1v) is 22.0. The van der Waals surface area contributed by atoms with Gasteiger partial charge in [0.1, 0.15) is 13.2 Å². The van der Waals surface area contributed by atoms with E-state index < -0.39 is 6.10 Å². The van der Waals surface area contributed by atoms with Gasteiger partial charge in [-0.3, -0.25) is 14.4 Å². The van der Waals surface area contributed by atoms with Gasteiger partial charge in [-0.2, -0.15) is 0 Å². The van der Waals surface area contributed by atoms with Crippen molar-refractivity contribution in [1.29, 1.82) is 0 Å². The predicted octanol–water partition coefficient (Wildman–Crippen LogP) is 13.7. The van der Waals surface area contributed by atoms with Crippen molar-refractivity contribution >= 4 is 17.9 Å². The van der Waals surface area contributed by atoms with Crippen LogP contribution < -0.4 is 0 Å². The highest BCUT2D eigenvalue weighted by atomic mass is 16.6. The van der Waals surface area contributed by atoms with E-state index in [1.165, 1.54) is 148 Å². The molecule has 1 atom stereocenters. The van der Waals surface area contributed by atoms with Crippen molar-refractivity contribution in [2.75, 3.05) is 13.2 Å². The maximum absolute atomic E-state index is 12.6. The van der Waals surface area contributed by atoms with Crippen molar-refractivity contribution in [3.63, 3.8) is 0 Å². The van der Waals surface area contributed by atoms with Crippen molar-refractivity contribution < 1.29 is 28.6 Å². The lowest BCUT2D eigenvalue weighted by atomic mass is 10.0. The molecule has 0 aliphatic heterocycles. The van der Waals surface area contributed by atoms with Gasteiger partial charge in [-0.15, -0.1) is 0 Å². The van der Waals surface area contributed by atoms with E-state index in [0.29, 0.717) is 19.3 Å². The van der Waals surface area contributed by atoms with E-state index in [4.69, 9.17) is 14.2 Å². The first kappa shape index (κ1) is 48.4. The fourth-order valence-electron chi connectivity index (χ4n) is 6.50. The molecule has 0 heterocycles. The van der Waals surface area contributed by atoms with E-state index in [1.807, 2.05) is 0 Å². The van der Waals surface area contributed by atoms with E-state index in [1.54, 1.807) is 0 Å². The zero-order chi connectivity index (χ0) is 36.6. The molecule has 0 aromatic rings. The molecule has 0 saturated heterocycles. The highest BCUT2D eigenvalue weighted by Gasteiger charge is 2.19. The van der Waals surface area contributed by atoms with Crippen LogP contribution in [0.25, 0.3) is 0 Å². The lowest BCUT2D eigenvalue weighted by Crippen LogP contribution is -2.30. The standard InChI is InChI=1S/C44H84O6/c1-4-7-10-13-16-19-22-23-26-28-31-34-37-43(46)49-40-41(50-44(47)38-35-32-29-25-21-18-15-12-9-6-3)39-48-42(45)36-33-30-27-24-20-17-14-11-8-5-2/h41H,4-40H2,1-3H3/t41-/m1/s1. The molecule has 0 aromatic carbocycles. The Hall–Kier alpha value is -1.59. The SMILES string of the molecule is CCCCCCCCCCCCCCC(=O)OC[C@@H](COC(=O)CCCCCCCCCCCC)OC(=O)CCCCCCCCCCCC. The van der Waals surface area contributed by atoms with Crippen LogP contribution in [0.2, 0.25) is 0 Å². The van der Waals surface area contributed by atoms with Gasteiger partial charge in [0.25, 0.3) is 0 Å². The number of carbonyl (C=O) groups excluding carboxylic acids is 3. The molecule has 0 unspecified atom stereocenters.